The molecule has 1 atom stereocenters. The van der Waals surface area contributed by atoms with E-state index in [9.17, 15) is 13.2 Å². The van der Waals surface area contributed by atoms with Crippen molar-refractivity contribution in [2.75, 3.05) is 6.16 Å². The zero-order valence-electron chi connectivity index (χ0n) is 12.2. The van der Waals surface area contributed by atoms with E-state index in [1.165, 1.54) is 0 Å². The number of halogens is 3. The van der Waals surface area contributed by atoms with Crippen LogP contribution in [0.2, 0.25) is 19.6 Å². The van der Waals surface area contributed by atoms with Gasteiger partial charge in [0.15, 0.2) is 8.24 Å². The molecule has 1 aromatic rings. The average molecular weight is 323 g/mol. The van der Waals surface area contributed by atoms with Crippen LogP contribution in [-0.2, 0) is 0 Å². The minimum atomic E-state index is -4.42. The summed E-state index contributed by atoms with van der Waals surface area (Å²) in [5, 5.41) is 0. The summed E-state index contributed by atoms with van der Waals surface area (Å²) in [6, 6.07) is 8.18. The Hall–Kier alpha value is -0.743. The lowest BCUT2D eigenvalue weighted by atomic mass is 10.3. The molecular weight excluding hydrogens is 302 g/mol. The van der Waals surface area contributed by atoms with Crippen molar-refractivity contribution in [3.8, 4) is 5.75 Å². The molecule has 1 rings (SSSR count). The summed E-state index contributed by atoms with van der Waals surface area (Å²) >= 11 is 0. The van der Waals surface area contributed by atoms with Crippen LogP contribution in [0.15, 0.2) is 34.7 Å². The molecule has 0 fully saturated rings. The minimum absolute atomic E-state index is 0.0599. The second-order valence-corrected chi connectivity index (χ2v) is 13.2. The molecule has 7 heteroatoms. The normalized spacial score (nSPS) is 15.6. The van der Waals surface area contributed by atoms with Crippen LogP contribution in [0.3, 0.4) is 0 Å². The van der Waals surface area contributed by atoms with Crippen LogP contribution in [-0.4, -0.2) is 20.3 Å². The van der Waals surface area contributed by atoms with E-state index in [4.69, 9.17) is 4.52 Å². The Morgan fingerprint density at radius 1 is 1.15 bits per heavy atom. The Morgan fingerprint density at radius 3 is 2.10 bits per heavy atom. The van der Waals surface area contributed by atoms with Gasteiger partial charge in [-0.1, -0.05) is 25.1 Å². The molecule has 0 radical (unpaired) electrons. The van der Waals surface area contributed by atoms with Gasteiger partial charge in [0, 0.05) is 6.16 Å². The van der Waals surface area contributed by atoms with E-state index in [1.807, 2.05) is 0 Å². The molecule has 0 heterocycles. The highest BCUT2D eigenvalue weighted by Gasteiger charge is 2.51. The molecule has 0 saturated heterocycles. The van der Waals surface area contributed by atoms with Gasteiger partial charge in [-0.25, -0.2) is 0 Å². The summed E-state index contributed by atoms with van der Waals surface area (Å²) < 4.78 is 50.5. The number of hydrogen-bond acceptors (Lipinski definition) is 2. The highest BCUT2D eigenvalue weighted by molar-refractivity contribution is 7.64. The molecule has 0 bridgehead atoms. The Bertz CT molecular complexity index is 483. The standard InChI is InChI=1S/C13H21F3NOPSi/c1-5-11-19(13(14,15)16,17-20(2,3)4)18-12-9-7-6-8-10-12/h6-10H,5,11H2,1-4H3. The van der Waals surface area contributed by atoms with Gasteiger partial charge in [0.05, 0.1) is 0 Å². The first-order chi connectivity index (χ1) is 9.10. The number of para-hydroxylation sites is 1. The monoisotopic (exact) mass is 323 g/mol. The van der Waals surface area contributed by atoms with Crippen molar-refractivity contribution in [1.29, 1.82) is 0 Å². The first-order valence-electron chi connectivity index (χ1n) is 6.53. The van der Waals surface area contributed by atoms with E-state index in [1.54, 1.807) is 56.9 Å². The van der Waals surface area contributed by atoms with Crippen LogP contribution in [0.25, 0.3) is 0 Å². The van der Waals surface area contributed by atoms with Crippen molar-refractivity contribution in [3.05, 3.63) is 30.3 Å². The van der Waals surface area contributed by atoms with Gasteiger partial charge in [-0.15, -0.1) is 0 Å². The Labute approximate surface area is 119 Å². The number of nitrogens with zero attached hydrogens (tertiary/aromatic N) is 1. The van der Waals surface area contributed by atoms with Gasteiger partial charge in [0.25, 0.3) is 0 Å². The Balaban J connectivity index is 3.35. The lowest BCUT2D eigenvalue weighted by Crippen LogP contribution is -2.24. The maximum Gasteiger partial charge on any atom is 0.455 e. The maximum atomic E-state index is 13.6. The van der Waals surface area contributed by atoms with E-state index >= 15 is 0 Å². The Morgan fingerprint density at radius 2 is 1.70 bits per heavy atom. The largest absolute Gasteiger partial charge is 0.455 e. The summed E-state index contributed by atoms with van der Waals surface area (Å²) in [7, 11) is -6.10. The van der Waals surface area contributed by atoms with Gasteiger partial charge in [0.2, 0.25) is 7.28 Å². The summed E-state index contributed by atoms with van der Waals surface area (Å²) in [4.78, 5) is 0. The predicted octanol–water partition coefficient (Wildman–Crippen LogP) is 5.95. The minimum Gasteiger partial charge on any atom is -0.452 e. The predicted molar refractivity (Wildman–Crippen MR) is 81.0 cm³/mol. The van der Waals surface area contributed by atoms with Gasteiger partial charge in [0.1, 0.15) is 5.75 Å². The third kappa shape index (κ3) is 4.67. The van der Waals surface area contributed by atoms with Gasteiger partial charge < -0.3 is 4.52 Å². The molecule has 0 aliphatic rings. The summed E-state index contributed by atoms with van der Waals surface area (Å²) in [5.41, 5.74) is 0. The average Bonchev–Trinajstić information content (AvgIpc) is 2.26. The zero-order valence-corrected chi connectivity index (χ0v) is 14.1. The topological polar surface area (TPSA) is 21.6 Å². The van der Waals surface area contributed by atoms with Crippen LogP contribution in [0.1, 0.15) is 13.3 Å². The first-order valence-corrected chi connectivity index (χ1v) is 11.8. The maximum absolute atomic E-state index is 13.6. The second-order valence-electron chi connectivity index (χ2n) is 5.57. The van der Waals surface area contributed by atoms with Crippen LogP contribution >= 0.6 is 7.28 Å². The molecule has 114 valence electrons. The summed E-state index contributed by atoms with van der Waals surface area (Å²) in [6.45, 7) is 7.14. The van der Waals surface area contributed by atoms with E-state index in [0.717, 1.165) is 0 Å². The fourth-order valence-electron chi connectivity index (χ4n) is 1.79. The molecule has 2 nitrogen and oxygen atoms in total. The fourth-order valence-corrected chi connectivity index (χ4v) is 8.21. The molecule has 0 saturated carbocycles. The SMILES string of the molecule is CCCP(=N[Si](C)(C)C)(Oc1ccccc1)C(F)(F)F. The number of rotatable bonds is 5. The summed E-state index contributed by atoms with van der Waals surface area (Å²) in [5.74, 6) is -4.17. The van der Waals surface area contributed by atoms with Gasteiger partial charge in [-0.3, -0.25) is 4.41 Å². The smallest absolute Gasteiger partial charge is 0.452 e. The molecule has 0 spiro atoms. The lowest BCUT2D eigenvalue weighted by Gasteiger charge is -2.30. The molecular formula is C13H21F3NOPSi. The second kappa shape index (κ2) is 6.35. The van der Waals surface area contributed by atoms with Crippen molar-refractivity contribution < 1.29 is 17.7 Å². The van der Waals surface area contributed by atoms with Crippen molar-refractivity contribution in [1.82, 2.24) is 0 Å². The van der Waals surface area contributed by atoms with Gasteiger partial charge in [-0.2, -0.15) is 13.2 Å². The molecule has 1 unspecified atom stereocenters. The number of benzene rings is 1. The Kier molecular flexibility index (Phi) is 5.50. The molecule has 0 amide bonds. The van der Waals surface area contributed by atoms with E-state index in [-0.39, 0.29) is 11.9 Å². The van der Waals surface area contributed by atoms with Crippen LogP contribution in [0.4, 0.5) is 13.2 Å². The third-order valence-corrected chi connectivity index (χ3v) is 8.43. The van der Waals surface area contributed by atoms with Gasteiger partial charge >= 0.3 is 5.92 Å². The van der Waals surface area contributed by atoms with Crippen molar-refractivity contribution in [3.63, 3.8) is 0 Å². The number of alkyl halides is 3. The number of hydrogen-bond donors (Lipinski definition) is 0. The van der Waals surface area contributed by atoms with Gasteiger partial charge in [-0.05, 0) is 38.2 Å². The fraction of sp³-hybridized carbons (Fsp3) is 0.538. The quantitative estimate of drug-likeness (QED) is 0.485. The summed E-state index contributed by atoms with van der Waals surface area (Å²) in [6.07, 6.45) is 0.337. The highest BCUT2D eigenvalue weighted by atomic mass is 31.2. The van der Waals surface area contributed by atoms with Crippen LogP contribution in [0.5, 0.6) is 5.75 Å². The molecule has 0 aromatic heterocycles. The van der Waals surface area contributed by atoms with E-state index in [2.05, 4.69) is 4.41 Å². The third-order valence-electron chi connectivity index (χ3n) is 2.38. The molecule has 0 aliphatic carbocycles. The van der Waals surface area contributed by atoms with Crippen LogP contribution < -0.4 is 4.52 Å². The lowest BCUT2D eigenvalue weighted by molar-refractivity contribution is -0.0485. The van der Waals surface area contributed by atoms with Crippen LogP contribution in [0, 0.1) is 0 Å². The molecule has 20 heavy (non-hydrogen) atoms. The van der Waals surface area contributed by atoms with E-state index in [0.29, 0.717) is 6.42 Å². The molecule has 0 aliphatic heterocycles. The first kappa shape index (κ1) is 17.3. The molecule has 0 N–H and O–H groups in total. The van der Waals surface area contributed by atoms with Crippen molar-refractivity contribution in [2.45, 2.75) is 38.9 Å². The molecule has 1 aromatic carbocycles. The zero-order chi connectivity index (χ0) is 15.4. The van der Waals surface area contributed by atoms with E-state index < -0.39 is 21.4 Å². The highest BCUT2D eigenvalue weighted by Crippen LogP contribution is 2.65. The van der Waals surface area contributed by atoms with Crippen molar-refractivity contribution in [2.24, 2.45) is 4.41 Å². The van der Waals surface area contributed by atoms with Crippen molar-refractivity contribution >= 4 is 15.5 Å².